The van der Waals surface area contributed by atoms with Crippen LogP contribution in [-0.4, -0.2) is 275 Å². The second-order valence-electron chi connectivity index (χ2n) is 30.0. The van der Waals surface area contributed by atoms with Crippen molar-refractivity contribution in [2.75, 3.05) is 82.1 Å². The highest BCUT2D eigenvalue weighted by molar-refractivity contribution is 6.00. The molecule has 3 aliphatic rings. The molecule has 1 saturated carbocycles. The third kappa shape index (κ3) is 22.1. The monoisotopic (exact) mass is 1350 g/mol. The van der Waals surface area contributed by atoms with Crippen molar-refractivity contribution in [3.63, 3.8) is 0 Å². The maximum Gasteiger partial charge on any atom is 0.246 e. The van der Waals surface area contributed by atoms with E-state index >= 15 is 28.8 Å². The molecule has 0 aromatic rings. The second-order valence-corrected chi connectivity index (χ2v) is 30.0. The average molecular weight is 1350 g/mol. The SMILES string of the molecule is C/C=C/C[C@@H](C)[C@@H](O)[C@H]1C(=O)N[C@@H](CC)C(=O)N(C)[C@H](C)C(=O)N(C)[C@@H]([C@H](C)CCN2CCN(C3CCC3)CC2)C(=O)N[C@@H](C(C)C)C(=O)N(C)[C@@H](CC(C)C)C(=O)N[C@@H](C)C(=O)N[C@H](C)C(=O)N(C)[C@@H](CC(C)C)C(=O)N(C)[C@@H](CC(C)C)C(=O)N(C)[C@@H](C(C)C)C(=O)N1C. The molecule has 14 atom stereocenters. The first-order valence-electron chi connectivity index (χ1n) is 35.5. The number of hydrogen-bond donors (Lipinski definition) is 5. The number of amides is 11. The summed E-state index contributed by atoms with van der Waals surface area (Å²) in [6.45, 7) is 33.9. The number of carbonyl (C=O) groups excluding carboxylic acids is 11. The lowest BCUT2D eigenvalue weighted by Gasteiger charge is -2.43. The van der Waals surface area contributed by atoms with E-state index < -0.39 is 161 Å². The van der Waals surface area contributed by atoms with Gasteiger partial charge in [0.15, 0.2) is 0 Å². The minimum atomic E-state index is -1.62. The van der Waals surface area contributed by atoms with Gasteiger partial charge in [0.05, 0.1) is 6.10 Å². The standard InChI is InChI=1S/C71H127N13O12/c1-25-27-29-47(14)60(85)59-64(89)74-52(26-2)67(92)76(18)50(17)66(91)81(23)58(46(13)32-33-83-34-36-84(37-35-83)51-30-28-31-51)63(88)75-56(44(9)10)70(95)77(19)53(38-41(3)4)62(87)72-48(15)61(86)73-49(16)65(90)78(20)54(39-42(5)6)68(93)79(21)55(40-43(7)8)69(94)80(22)57(45(11)12)71(96)82(59)24/h25,27,41-60,85H,26,28-40H2,1-24H3,(H,72,87)(H,73,86)(H,74,89)(H,75,88)/b27-25+/t46-,47-,48+,49-,50-,52+,53+,54+,55+,56+,57+,58+,59+,60-/m1/s1. The van der Waals surface area contributed by atoms with E-state index in [9.17, 15) is 29.1 Å². The largest absolute Gasteiger partial charge is 0.390 e. The van der Waals surface area contributed by atoms with Crippen LogP contribution in [0.2, 0.25) is 0 Å². The summed E-state index contributed by atoms with van der Waals surface area (Å²) in [4.78, 5) is 178. The van der Waals surface area contributed by atoms with Gasteiger partial charge in [-0.3, -0.25) is 57.6 Å². The van der Waals surface area contributed by atoms with Gasteiger partial charge in [-0.1, -0.05) is 109 Å². The lowest BCUT2D eigenvalue weighted by Crippen LogP contribution is -2.64. The predicted molar refractivity (Wildman–Crippen MR) is 373 cm³/mol. The van der Waals surface area contributed by atoms with Crippen LogP contribution in [0.4, 0.5) is 0 Å². The molecule has 25 nitrogen and oxygen atoms in total. The lowest BCUT2D eigenvalue weighted by atomic mass is 9.91. The minimum absolute atomic E-state index is 0.0143. The van der Waals surface area contributed by atoms with Crippen molar-refractivity contribution >= 4 is 65.0 Å². The maximum atomic E-state index is 15.3. The Morgan fingerprint density at radius 3 is 1.43 bits per heavy atom. The molecule has 0 radical (unpaired) electrons. The zero-order valence-corrected chi connectivity index (χ0v) is 63.1. The minimum Gasteiger partial charge on any atom is -0.390 e. The van der Waals surface area contributed by atoms with Crippen LogP contribution in [0.15, 0.2) is 12.2 Å². The molecule has 5 N–H and O–H groups in total. The molecule has 25 heteroatoms. The molecule has 0 spiro atoms. The normalized spacial score (nSPS) is 28.5. The number of aliphatic hydroxyl groups excluding tert-OH is 1. The number of rotatable bonds is 18. The van der Waals surface area contributed by atoms with E-state index in [0.29, 0.717) is 25.4 Å². The third-order valence-corrected chi connectivity index (χ3v) is 20.2. The fraction of sp³-hybridized carbons (Fsp3) is 0.817. The molecule has 0 unspecified atom stereocenters. The molecule has 3 fully saturated rings. The Morgan fingerprint density at radius 2 is 0.948 bits per heavy atom. The smallest absolute Gasteiger partial charge is 0.246 e. The van der Waals surface area contributed by atoms with Crippen LogP contribution in [0.25, 0.3) is 0 Å². The van der Waals surface area contributed by atoms with Crippen LogP contribution in [0.3, 0.4) is 0 Å². The van der Waals surface area contributed by atoms with Crippen LogP contribution >= 0.6 is 0 Å². The molecule has 2 heterocycles. The average Bonchev–Trinajstić information content (AvgIpc) is 0.805. The molecular weight excluding hydrogens is 1230 g/mol. The molecule has 11 amide bonds. The number of carbonyl (C=O) groups is 11. The van der Waals surface area contributed by atoms with Gasteiger partial charge in [0.1, 0.15) is 66.5 Å². The van der Waals surface area contributed by atoms with Crippen molar-refractivity contribution in [3.05, 3.63) is 12.2 Å². The van der Waals surface area contributed by atoms with Gasteiger partial charge in [-0.05, 0) is 127 Å². The zero-order chi connectivity index (χ0) is 73.2. The van der Waals surface area contributed by atoms with E-state index in [0.717, 1.165) is 31.1 Å². The number of piperazine rings is 1. The number of likely N-dealkylation sites (N-methyl/N-ethyl adjacent to an activating group) is 7. The Kier molecular flexibility index (Phi) is 33.5. The van der Waals surface area contributed by atoms with Crippen LogP contribution in [0.1, 0.15) is 175 Å². The topological polar surface area (TPSA) is 285 Å². The van der Waals surface area contributed by atoms with Crippen molar-refractivity contribution in [2.45, 2.75) is 254 Å². The van der Waals surface area contributed by atoms with Crippen LogP contribution < -0.4 is 21.3 Å². The predicted octanol–water partition coefficient (Wildman–Crippen LogP) is 3.81. The van der Waals surface area contributed by atoms with E-state index in [1.807, 2.05) is 61.5 Å². The van der Waals surface area contributed by atoms with Crippen molar-refractivity contribution in [3.8, 4) is 0 Å². The molecular formula is C71H127N13O12. The van der Waals surface area contributed by atoms with E-state index in [1.54, 1.807) is 47.6 Å². The van der Waals surface area contributed by atoms with Gasteiger partial charge in [0.2, 0.25) is 65.0 Å². The summed E-state index contributed by atoms with van der Waals surface area (Å²) in [5.74, 6) is -10.0. The summed E-state index contributed by atoms with van der Waals surface area (Å²) in [6.07, 6.45) is 7.00. The zero-order valence-electron chi connectivity index (χ0n) is 63.1. The summed E-state index contributed by atoms with van der Waals surface area (Å²) >= 11 is 0. The number of allylic oxidation sites excluding steroid dienone is 2. The summed E-state index contributed by atoms with van der Waals surface area (Å²) in [6, 6.07) is -13.1. The molecule has 3 rings (SSSR count). The third-order valence-electron chi connectivity index (χ3n) is 20.2. The first kappa shape index (κ1) is 84.0. The lowest BCUT2D eigenvalue weighted by molar-refractivity contribution is -0.157. The maximum absolute atomic E-state index is 15.3. The van der Waals surface area contributed by atoms with E-state index in [2.05, 4.69) is 31.1 Å². The van der Waals surface area contributed by atoms with E-state index in [-0.39, 0.29) is 43.4 Å². The van der Waals surface area contributed by atoms with Crippen LogP contribution in [0, 0.1) is 41.4 Å². The molecule has 96 heavy (non-hydrogen) atoms. The molecule has 1 aliphatic carbocycles. The number of nitrogens with zero attached hydrogens (tertiary/aromatic N) is 9. The number of aliphatic hydroxyl groups is 1. The van der Waals surface area contributed by atoms with Gasteiger partial charge in [0, 0.05) is 81.6 Å². The number of nitrogens with one attached hydrogen (secondary N) is 4. The van der Waals surface area contributed by atoms with Gasteiger partial charge in [-0.2, -0.15) is 0 Å². The Balaban J connectivity index is 2.32. The van der Waals surface area contributed by atoms with Gasteiger partial charge in [-0.15, -0.1) is 0 Å². The Morgan fingerprint density at radius 1 is 0.479 bits per heavy atom. The van der Waals surface area contributed by atoms with Crippen molar-refractivity contribution in [1.29, 1.82) is 0 Å². The van der Waals surface area contributed by atoms with Gasteiger partial charge in [0.25, 0.3) is 0 Å². The van der Waals surface area contributed by atoms with Crippen LogP contribution in [-0.2, 0) is 52.7 Å². The molecule has 0 bridgehead atoms. The highest BCUT2D eigenvalue weighted by Crippen LogP contribution is 2.28. The van der Waals surface area contributed by atoms with Gasteiger partial charge >= 0.3 is 0 Å². The summed E-state index contributed by atoms with van der Waals surface area (Å²) in [7, 11) is 10.1. The molecule has 2 saturated heterocycles. The first-order chi connectivity index (χ1) is 44.7. The molecule has 0 aromatic heterocycles. The quantitative estimate of drug-likeness (QED) is 0.122. The Bertz CT molecular complexity index is 2660. The fourth-order valence-electron chi connectivity index (χ4n) is 13.4. The van der Waals surface area contributed by atoms with Crippen molar-refractivity contribution < 1.29 is 57.8 Å². The summed E-state index contributed by atoms with van der Waals surface area (Å²) in [5.41, 5.74) is 0. The second kappa shape index (κ2) is 38.2. The Labute approximate surface area is 575 Å². The van der Waals surface area contributed by atoms with E-state index in [1.165, 1.54) is 119 Å². The first-order valence-corrected chi connectivity index (χ1v) is 35.5. The molecule has 0 aromatic carbocycles. The number of hydrogen-bond acceptors (Lipinski definition) is 14. The van der Waals surface area contributed by atoms with Gasteiger partial charge in [-0.25, -0.2) is 0 Å². The summed E-state index contributed by atoms with van der Waals surface area (Å²) in [5, 5.41) is 23.5. The molecule has 2 aliphatic heterocycles. The fourth-order valence-corrected chi connectivity index (χ4v) is 13.4. The van der Waals surface area contributed by atoms with Crippen molar-refractivity contribution in [2.24, 2.45) is 41.4 Å². The Hall–Kier alpha value is -6.21. The van der Waals surface area contributed by atoms with Crippen molar-refractivity contribution in [1.82, 2.24) is 65.4 Å². The summed E-state index contributed by atoms with van der Waals surface area (Å²) < 4.78 is 0. The van der Waals surface area contributed by atoms with Crippen LogP contribution in [0.5, 0.6) is 0 Å². The highest BCUT2D eigenvalue weighted by atomic mass is 16.3. The van der Waals surface area contributed by atoms with Gasteiger partial charge < -0.3 is 65.6 Å². The highest BCUT2D eigenvalue weighted by Gasteiger charge is 2.47. The molecule has 548 valence electrons. The van der Waals surface area contributed by atoms with E-state index in [4.69, 9.17) is 0 Å².